The molecule has 3 heterocycles. The van der Waals surface area contributed by atoms with E-state index in [1.165, 1.54) is 6.33 Å². The van der Waals surface area contributed by atoms with Gasteiger partial charge in [0.1, 0.15) is 6.33 Å². The maximum Gasteiger partial charge on any atom is 0.257 e. The molecule has 2 aliphatic heterocycles. The van der Waals surface area contributed by atoms with Gasteiger partial charge in [0.25, 0.3) is 5.91 Å². The number of carbonyl (C=O) groups excluding carboxylic acids is 2. The van der Waals surface area contributed by atoms with Gasteiger partial charge in [-0.1, -0.05) is 0 Å². The summed E-state index contributed by atoms with van der Waals surface area (Å²) in [5.41, 5.74) is 0.438. The molecule has 0 bridgehead atoms. The van der Waals surface area contributed by atoms with Crippen LogP contribution < -0.4 is 5.32 Å². The molecular weight excluding hydrogens is 358 g/mol. The highest BCUT2D eigenvalue weighted by Gasteiger charge is 2.34. The van der Waals surface area contributed by atoms with Crippen molar-refractivity contribution in [2.45, 2.75) is 57.6 Å². The summed E-state index contributed by atoms with van der Waals surface area (Å²) >= 11 is 0. The largest absolute Gasteiger partial charge is 0.388 e. The number of rotatable bonds is 4. The Bertz CT molecular complexity index is 705. The monoisotopic (exact) mass is 389 g/mol. The average molecular weight is 390 g/mol. The van der Waals surface area contributed by atoms with Gasteiger partial charge in [-0.3, -0.25) is 9.59 Å². The summed E-state index contributed by atoms with van der Waals surface area (Å²) in [6.45, 7) is 6.90. The molecule has 0 aromatic carbocycles. The van der Waals surface area contributed by atoms with Crippen LogP contribution in [0.3, 0.4) is 0 Å². The minimum Gasteiger partial charge on any atom is -0.388 e. The Balaban J connectivity index is 1.53. The summed E-state index contributed by atoms with van der Waals surface area (Å²) in [4.78, 5) is 36.2. The van der Waals surface area contributed by atoms with Crippen LogP contribution in [0.15, 0.2) is 12.5 Å². The normalized spacial score (nSPS) is 24.6. The molecule has 0 aliphatic carbocycles. The minimum atomic E-state index is -0.780. The van der Waals surface area contributed by atoms with Crippen molar-refractivity contribution in [2.75, 3.05) is 32.7 Å². The van der Waals surface area contributed by atoms with Crippen LogP contribution in [0.4, 0.5) is 0 Å². The molecule has 2 aliphatic rings. The molecule has 0 spiro atoms. The molecule has 2 saturated heterocycles. The van der Waals surface area contributed by atoms with Crippen LogP contribution in [0.1, 0.15) is 55.1 Å². The van der Waals surface area contributed by atoms with Gasteiger partial charge in [-0.15, -0.1) is 0 Å². The first-order valence-electron chi connectivity index (χ1n) is 10.1. The van der Waals surface area contributed by atoms with E-state index < -0.39 is 5.60 Å². The number of hydrogen-bond acceptors (Lipinski definition) is 6. The molecule has 2 amide bonds. The van der Waals surface area contributed by atoms with E-state index in [2.05, 4.69) is 20.2 Å². The first-order valence-corrected chi connectivity index (χ1v) is 10.1. The number of hydrogen-bond donors (Lipinski definition) is 2. The van der Waals surface area contributed by atoms with Gasteiger partial charge in [-0.2, -0.15) is 0 Å². The first kappa shape index (κ1) is 20.7. The molecule has 1 aromatic heterocycles. The lowest BCUT2D eigenvalue weighted by Crippen LogP contribution is -2.50. The number of nitrogens with zero attached hydrogens (tertiary/aromatic N) is 4. The van der Waals surface area contributed by atoms with Gasteiger partial charge in [0.2, 0.25) is 5.91 Å². The van der Waals surface area contributed by atoms with Gasteiger partial charge in [0, 0.05) is 51.9 Å². The van der Waals surface area contributed by atoms with Gasteiger partial charge in [-0.05, 0) is 39.0 Å². The predicted molar refractivity (Wildman–Crippen MR) is 105 cm³/mol. The van der Waals surface area contributed by atoms with Gasteiger partial charge < -0.3 is 20.2 Å². The molecular formula is C20H31N5O3. The lowest BCUT2D eigenvalue weighted by molar-refractivity contribution is -0.120. The van der Waals surface area contributed by atoms with Crippen LogP contribution in [0.2, 0.25) is 0 Å². The summed E-state index contributed by atoms with van der Waals surface area (Å²) in [6.07, 6.45) is 6.87. The zero-order valence-electron chi connectivity index (χ0n) is 16.9. The smallest absolute Gasteiger partial charge is 0.257 e. The van der Waals surface area contributed by atoms with Gasteiger partial charge in [0.15, 0.2) is 0 Å². The van der Waals surface area contributed by atoms with Crippen molar-refractivity contribution in [2.24, 2.45) is 0 Å². The third-order valence-electron chi connectivity index (χ3n) is 5.86. The fourth-order valence-electron chi connectivity index (χ4n) is 4.25. The van der Waals surface area contributed by atoms with Crippen molar-refractivity contribution >= 4 is 11.8 Å². The van der Waals surface area contributed by atoms with Crippen LogP contribution in [0.5, 0.6) is 0 Å². The zero-order chi connectivity index (χ0) is 20.1. The first-order chi connectivity index (χ1) is 13.4. The van der Waals surface area contributed by atoms with Crippen LogP contribution in [-0.2, 0) is 4.79 Å². The third-order valence-corrected chi connectivity index (χ3v) is 5.86. The molecule has 0 saturated carbocycles. The summed E-state index contributed by atoms with van der Waals surface area (Å²) < 4.78 is 0. The number of aromatic nitrogens is 2. The van der Waals surface area contributed by atoms with E-state index in [4.69, 9.17) is 0 Å². The highest BCUT2D eigenvalue weighted by molar-refractivity contribution is 5.94. The summed E-state index contributed by atoms with van der Waals surface area (Å²) in [7, 11) is 0. The van der Waals surface area contributed by atoms with Crippen molar-refractivity contribution in [3.63, 3.8) is 0 Å². The van der Waals surface area contributed by atoms with E-state index in [1.807, 2.05) is 11.8 Å². The molecule has 1 aromatic rings. The zero-order valence-corrected chi connectivity index (χ0v) is 16.9. The average Bonchev–Trinajstić information content (AvgIpc) is 2.85. The van der Waals surface area contributed by atoms with Gasteiger partial charge in [0.05, 0.1) is 16.9 Å². The molecule has 2 N–H and O–H groups in total. The Morgan fingerprint density at radius 1 is 1.25 bits per heavy atom. The second-order valence-corrected chi connectivity index (χ2v) is 8.14. The summed E-state index contributed by atoms with van der Waals surface area (Å²) in [5.74, 6) is -0.0388. The Kier molecular flexibility index (Phi) is 6.61. The predicted octanol–water partition coefficient (Wildman–Crippen LogP) is 0.743. The fourth-order valence-corrected chi connectivity index (χ4v) is 4.25. The molecule has 28 heavy (non-hydrogen) atoms. The van der Waals surface area contributed by atoms with E-state index in [0.717, 1.165) is 32.4 Å². The molecule has 8 nitrogen and oxygen atoms in total. The molecule has 0 radical (unpaired) electrons. The van der Waals surface area contributed by atoms with Crippen molar-refractivity contribution in [3.8, 4) is 0 Å². The van der Waals surface area contributed by atoms with Crippen LogP contribution in [0, 0.1) is 6.92 Å². The van der Waals surface area contributed by atoms with E-state index in [9.17, 15) is 14.7 Å². The number of amides is 2. The summed E-state index contributed by atoms with van der Waals surface area (Å²) in [6, 6.07) is 0.238. The van der Waals surface area contributed by atoms with Crippen molar-refractivity contribution in [3.05, 3.63) is 23.8 Å². The Labute approximate surface area is 166 Å². The SMILES string of the molecule is CC(=O)NC1CCN(CC2(O)CCCN(C(=O)c3cncnc3C)CC2)CC1. The van der Waals surface area contributed by atoms with Crippen molar-refractivity contribution < 1.29 is 14.7 Å². The second-order valence-electron chi connectivity index (χ2n) is 8.14. The lowest BCUT2D eigenvalue weighted by atomic mass is 9.93. The van der Waals surface area contributed by atoms with Crippen molar-refractivity contribution in [1.82, 2.24) is 25.1 Å². The Morgan fingerprint density at radius 2 is 2.00 bits per heavy atom. The number of piperidine rings is 1. The molecule has 154 valence electrons. The number of nitrogens with one attached hydrogen (secondary N) is 1. The van der Waals surface area contributed by atoms with Crippen LogP contribution >= 0.6 is 0 Å². The van der Waals surface area contributed by atoms with E-state index in [1.54, 1.807) is 13.1 Å². The van der Waals surface area contributed by atoms with Crippen LogP contribution in [-0.4, -0.2) is 81.1 Å². The number of aryl methyl sites for hydroxylation is 1. The van der Waals surface area contributed by atoms with E-state index in [0.29, 0.717) is 43.7 Å². The highest BCUT2D eigenvalue weighted by Crippen LogP contribution is 2.26. The second kappa shape index (κ2) is 8.96. The highest BCUT2D eigenvalue weighted by atomic mass is 16.3. The summed E-state index contributed by atoms with van der Waals surface area (Å²) in [5, 5.41) is 14.1. The molecule has 1 unspecified atom stereocenters. The van der Waals surface area contributed by atoms with Gasteiger partial charge >= 0.3 is 0 Å². The van der Waals surface area contributed by atoms with E-state index >= 15 is 0 Å². The molecule has 2 fully saturated rings. The molecule has 1 atom stereocenters. The van der Waals surface area contributed by atoms with Crippen LogP contribution in [0.25, 0.3) is 0 Å². The third kappa shape index (κ3) is 5.26. The fraction of sp³-hybridized carbons (Fsp3) is 0.700. The molecule has 8 heteroatoms. The Morgan fingerprint density at radius 3 is 2.68 bits per heavy atom. The lowest BCUT2D eigenvalue weighted by Gasteiger charge is -2.38. The number of carbonyl (C=O) groups is 2. The molecule has 3 rings (SSSR count). The van der Waals surface area contributed by atoms with Gasteiger partial charge in [-0.25, -0.2) is 9.97 Å². The Hall–Kier alpha value is -2.06. The van der Waals surface area contributed by atoms with Crippen molar-refractivity contribution in [1.29, 1.82) is 0 Å². The standard InChI is InChI=1S/C20H31N5O3/c1-15-18(12-21-14-22-15)19(27)25-8-3-6-20(28,7-11-25)13-24-9-4-17(5-10-24)23-16(2)26/h12,14,17,28H,3-11,13H2,1-2H3,(H,23,26). The minimum absolute atomic E-state index is 0.0182. The number of β-amino-alcohol motifs (C(OH)–C–C–N with tert-alkyl or cyclic N) is 1. The quantitative estimate of drug-likeness (QED) is 0.788. The number of aliphatic hydroxyl groups is 1. The maximum absolute atomic E-state index is 12.8. The van der Waals surface area contributed by atoms with E-state index in [-0.39, 0.29) is 17.9 Å². The number of likely N-dealkylation sites (tertiary alicyclic amines) is 2. The topological polar surface area (TPSA) is 98.7 Å². The maximum atomic E-state index is 12.8.